The van der Waals surface area contributed by atoms with Gasteiger partial charge in [0.1, 0.15) is 5.60 Å². The number of nitrogens with one attached hydrogen (secondary N) is 2. The van der Waals surface area contributed by atoms with Crippen LogP contribution >= 0.6 is 0 Å². The van der Waals surface area contributed by atoms with Crippen molar-refractivity contribution in [2.45, 2.75) is 64.0 Å². The topological polar surface area (TPSA) is 114 Å². The first kappa shape index (κ1) is 20.6. The second-order valence-corrected chi connectivity index (χ2v) is 8.85. The fourth-order valence-electron chi connectivity index (χ4n) is 4.01. The molecule has 3 aliphatic rings. The van der Waals surface area contributed by atoms with Gasteiger partial charge < -0.3 is 20.3 Å². The van der Waals surface area contributed by atoms with Crippen LogP contribution in [-0.4, -0.2) is 63.9 Å². The fourth-order valence-corrected chi connectivity index (χ4v) is 4.01. The Bertz CT molecular complexity index is 846. The van der Waals surface area contributed by atoms with Crippen molar-refractivity contribution in [2.75, 3.05) is 25.0 Å². The second-order valence-electron chi connectivity index (χ2n) is 8.85. The van der Waals surface area contributed by atoms with Crippen molar-refractivity contribution in [1.82, 2.24) is 20.2 Å². The van der Waals surface area contributed by atoms with E-state index in [0.29, 0.717) is 36.2 Å². The smallest absolute Gasteiger partial charge is 0.307 e. The molecule has 1 aromatic rings. The van der Waals surface area contributed by atoms with Gasteiger partial charge in [-0.3, -0.25) is 14.4 Å². The van der Waals surface area contributed by atoms with E-state index >= 15 is 0 Å². The molecule has 9 heteroatoms. The van der Waals surface area contributed by atoms with Crippen LogP contribution in [0.2, 0.25) is 0 Å². The van der Waals surface area contributed by atoms with E-state index in [-0.39, 0.29) is 24.2 Å². The van der Waals surface area contributed by atoms with Crippen LogP contribution < -0.4 is 10.6 Å². The van der Waals surface area contributed by atoms with E-state index in [0.717, 1.165) is 38.8 Å². The molecule has 30 heavy (non-hydrogen) atoms. The van der Waals surface area contributed by atoms with Crippen LogP contribution in [0.1, 0.15) is 62.0 Å². The lowest BCUT2D eigenvalue weighted by Gasteiger charge is -2.23. The quantitative estimate of drug-likeness (QED) is 0.645. The molecule has 9 nitrogen and oxygen atoms in total. The number of rotatable bonds is 7. The lowest BCUT2D eigenvalue weighted by molar-refractivity contribution is -0.147. The van der Waals surface area contributed by atoms with Gasteiger partial charge in [-0.15, -0.1) is 0 Å². The van der Waals surface area contributed by atoms with Crippen molar-refractivity contribution in [3.05, 3.63) is 17.5 Å². The number of hydrogen-bond donors (Lipinski definition) is 2. The molecule has 2 aliphatic heterocycles. The molecule has 1 saturated carbocycles. The molecule has 0 aromatic carbocycles. The van der Waals surface area contributed by atoms with Gasteiger partial charge in [0.25, 0.3) is 5.91 Å². The summed E-state index contributed by atoms with van der Waals surface area (Å²) in [6.45, 7) is 5.31. The minimum atomic E-state index is -0.811. The summed E-state index contributed by atoms with van der Waals surface area (Å²) in [5.41, 5.74) is 0.310. The number of anilines is 1. The summed E-state index contributed by atoms with van der Waals surface area (Å²) in [7, 11) is 0. The average molecular weight is 415 g/mol. The summed E-state index contributed by atoms with van der Waals surface area (Å²) >= 11 is 0. The first-order valence-corrected chi connectivity index (χ1v) is 10.7. The highest BCUT2D eigenvalue weighted by Crippen LogP contribution is 2.32. The number of nitrogens with zero attached hydrogens (tertiary/aromatic N) is 3. The Kier molecular flexibility index (Phi) is 5.62. The summed E-state index contributed by atoms with van der Waals surface area (Å²) in [5.74, 6) is -0.627. The van der Waals surface area contributed by atoms with Crippen LogP contribution in [0.5, 0.6) is 0 Å². The molecule has 0 unspecified atom stereocenters. The molecular formula is C21H29N5O4. The molecule has 0 radical (unpaired) electrons. The van der Waals surface area contributed by atoms with Crippen LogP contribution in [0.4, 0.5) is 5.95 Å². The first-order chi connectivity index (χ1) is 14.3. The molecule has 162 valence electrons. The van der Waals surface area contributed by atoms with E-state index in [1.54, 1.807) is 20.0 Å². The molecule has 0 spiro atoms. The second kappa shape index (κ2) is 8.20. The number of cyclic esters (lactones) is 1. The van der Waals surface area contributed by atoms with Gasteiger partial charge in [-0.2, -0.15) is 0 Å². The van der Waals surface area contributed by atoms with Gasteiger partial charge >= 0.3 is 5.97 Å². The maximum atomic E-state index is 12.9. The highest BCUT2D eigenvalue weighted by Gasteiger charge is 2.46. The number of carbonyl (C=O) groups excluding carboxylic acids is 3. The van der Waals surface area contributed by atoms with Crippen LogP contribution in [0, 0.1) is 5.92 Å². The van der Waals surface area contributed by atoms with Crippen molar-refractivity contribution in [3.8, 4) is 0 Å². The Labute approximate surface area is 176 Å². The van der Waals surface area contributed by atoms with Gasteiger partial charge in [-0.25, -0.2) is 9.97 Å². The molecule has 2 amide bonds. The number of carbonyl (C=O) groups is 3. The monoisotopic (exact) mass is 415 g/mol. The number of hydrogen-bond acceptors (Lipinski definition) is 7. The maximum Gasteiger partial charge on any atom is 0.307 e. The number of esters is 1. The SMILES string of the molecule is CC1(C)OC(=O)C[C@@H]1C(=O)NCCc1nc(NC2CC2)ncc1C(=O)N1CCCC1. The molecule has 1 aliphatic carbocycles. The molecule has 1 aromatic heterocycles. The lowest BCUT2D eigenvalue weighted by atomic mass is 9.90. The highest BCUT2D eigenvalue weighted by atomic mass is 16.6. The summed E-state index contributed by atoms with van der Waals surface area (Å²) in [5, 5.41) is 6.14. The normalized spacial score (nSPS) is 22.7. The molecule has 1 atom stereocenters. The summed E-state index contributed by atoms with van der Waals surface area (Å²) in [6, 6.07) is 0.403. The molecule has 3 fully saturated rings. The number of ether oxygens (including phenoxy) is 1. The Morgan fingerprint density at radius 2 is 2.00 bits per heavy atom. The lowest BCUT2D eigenvalue weighted by Crippen LogP contribution is -2.41. The molecular weight excluding hydrogens is 386 g/mol. The van der Waals surface area contributed by atoms with Crippen LogP contribution in [0.3, 0.4) is 0 Å². The van der Waals surface area contributed by atoms with Gasteiger partial charge in [-0.05, 0) is 39.5 Å². The number of aromatic nitrogens is 2. The Balaban J connectivity index is 1.43. The van der Waals surface area contributed by atoms with E-state index in [9.17, 15) is 14.4 Å². The van der Waals surface area contributed by atoms with E-state index in [4.69, 9.17) is 4.74 Å². The van der Waals surface area contributed by atoms with Gasteiger partial charge in [0.2, 0.25) is 11.9 Å². The molecule has 3 heterocycles. The molecule has 0 bridgehead atoms. The number of likely N-dealkylation sites (tertiary alicyclic amines) is 1. The zero-order valence-corrected chi connectivity index (χ0v) is 17.6. The molecule has 4 rings (SSSR count). The Hall–Kier alpha value is -2.71. The Morgan fingerprint density at radius 1 is 1.27 bits per heavy atom. The zero-order valence-electron chi connectivity index (χ0n) is 17.6. The largest absolute Gasteiger partial charge is 0.459 e. The van der Waals surface area contributed by atoms with Gasteiger partial charge in [0.05, 0.1) is 23.6 Å². The van der Waals surface area contributed by atoms with Crippen molar-refractivity contribution in [3.63, 3.8) is 0 Å². The predicted octanol–water partition coefficient (Wildman–Crippen LogP) is 1.29. The van der Waals surface area contributed by atoms with Gasteiger partial charge in [-0.1, -0.05) is 0 Å². The van der Waals surface area contributed by atoms with Crippen LogP contribution in [0.15, 0.2) is 6.20 Å². The van der Waals surface area contributed by atoms with E-state index < -0.39 is 11.5 Å². The van der Waals surface area contributed by atoms with E-state index in [1.807, 2.05) is 4.90 Å². The minimum Gasteiger partial charge on any atom is -0.459 e. The van der Waals surface area contributed by atoms with Crippen molar-refractivity contribution in [1.29, 1.82) is 0 Å². The average Bonchev–Trinajstić information content (AvgIpc) is 3.23. The fraction of sp³-hybridized carbons (Fsp3) is 0.667. The molecule has 2 N–H and O–H groups in total. The summed E-state index contributed by atoms with van der Waals surface area (Å²) in [4.78, 5) is 47.8. The zero-order chi connectivity index (χ0) is 21.3. The third-order valence-corrected chi connectivity index (χ3v) is 5.97. The van der Waals surface area contributed by atoms with Crippen LogP contribution in [-0.2, 0) is 20.7 Å². The van der Waals surface area contributed by atoms with Crippen molar-refractivity contribution in [2.24, 2.45) is 5.92 Å². The van der Waals surface area contributed by atoms with Gasteiger partial charge in [0.15, 0.2) is 0 Å². The summed E-state index contributed by atoms with van der Waals surface area (Å²) < 4.78 is 5.23. The standard InChI is InChI=1S/C21H29N5O4/c1-21(2)15(11-17(27)30-21)18(28)22-8-7-16-14(19(29)26-9-3-4-10-26)12-23-20(25-16)24-13-5-6-13/h12-13,15H,3-11H2,1-2H3,(H,22,28)(H,23,24,25)/t15-/m1/s1. The van der Waals surface area contributed by atoms with Crippen molar-refractivity contribution < 1.29 is 19.1 Å². The van der Waals surface area contributed by atoms with Crippen molar-refractivity contribution >= 4 is 23.7 Å². The third-order valence-electron chi connectivity index (χ3n) is 5.97. The predicted molar refractivity (Wildman–Crippen MR) is 109 cm³/mol. The summed E-state index contributed by atoms with van der Waals surface area (Å²) in [6.07, 6.45) is 6.31. The van der Waals surface area contributed by atoms with Gasteiger partial charge in [0, 0.05) is 38.3 Å². The highest BCUT2D eigenvalue weighted by molar-refractivity contribution is 5.95. The number of amides is 2. The van der Waals surface area contributed by atoms with Crippen LogP contribution in [0.25, 0.3) is 0 Å². The Morgan fingerprint density at radius 3 is 2.63 bits per heavy atom. The van der Waals surface area contributed by atoms with E-state index in [2.05, 4.69) is 20.6 Å². The first-order valence-electron chi connectivity index (χ1n) is 10.7. The minimum absolute atomic E-state index is 0.0530. The third kappa shape index (κ3) is 4.55. The molecule has 2 saturated heterocycles. The maximum absolute atomic E-state index is 12.9. The van der Waals surface area contributed by atoms with E-state index in [1.165, 1.54) is 0 Å².